The van der Waals surface area contributed by atoms with Crippen molar-refractivity contribution in [3.05, 3.63) is 54.1 Å². The van der Waals surface area contributed by atoms with Crippen LogP contribution in [0.1, 0.15) is 25.8 Å². The standard InChI is InChI=1S/C21H27NO4/c1-5-20(26-19-8-6-7-15(2)13-19)21(23)22-16(3)14-25-18-11-9-17(24-4)10-12-18/h6-13,16,20H,5,14H2,1-4H3,(H,22,23)/t16-,20-/m1/s1. The topological polar surface area (TPSA) is 56.8 Å². The van der Waals surface area contributed by atoms with E-state index in [9.17, 15) is 4.79 Å². The molecule has 26 heavy (non-hydrogen) atoms. The van der Waals surface area contributed by atoms with Crippen molar-refractivity contribution in [2.75, 3.05) is 13.7 Å². The minimum absolute atomic E-state index is 0.139. The van der Waals surface area contributed by atoms with E-state index in [2.05, 4.69) is 5.32 Å². The molecule has 5 heteroatoms. The molecule has 5 nitrogen and oxygen atoms in total. The van der Waals surface area contributed by atoms with Crippen LogP contribution >= 0.6 is 0 Å². The van der Waals surface area contributed by atoms with Crippen LogP contribution in [0.3, 0.4) is 0 Å². The number of amides is 1. The Morgan fingerprint density at radius 3 is 2.38 bits per heavy atom. The lowest BCUT2D eigenvalue weighted by atomic mass is 10.2. The summed E-state index contributed by atoms with van der Waals surface area (Å²) in [4.78, 5) is 12.5. The summed E-state index contributed by atoms with van der Waals surface area (Å²) in [5, 5.41) is 2.94. The summed E-state index contributed by atoms with van der Waals surface area (Å²) in [6, 6.07) is 14.9. The minimum atomic E-state index is -0.528. The van der Waals surface area contributed by atoms with Gasteiger partial charge in [0.2, 0.25) is 0 Å². The number of rotatable bonds is 9. The van der Waals surface area contributed by atoms with Crippen molar-refractivity contribution < 1.29 is 19.0 Å². The minimum Gasteiger partial charge on any atom is -0.497 e. The molecule has 0 saturated heterocycles. The molecule has 0 saturated carbocycles. The summed E-state index contributed by atoms with van der Waals surface area (Å²) in [5.41, 5.74) is 1.10. The molecular weight excluding hydrogens is 330 g/mol. The molecule has 2 rings (SSSR count). The first kappa shape index (κ1) is 19.6. The van der Waals surface area contributed by atoms with Crippen molar-refractivity contribution in [2.24, 2.45) is 0 Å². The van der Waals surface area contributed by atoms with Crippen LogP contribution in [-0.4, -0.2) is 31.8 Å². The van der Waals surface area contributed by atoms with E-state index in [0.29, 0.717) is 18.8 Å². The maximum atomic E-state index is 12.5. The van der Waals surface area contributed by atoms with E-state index in [1.807, 2.05) is 69.3 Å². The fourth-order valence-electron chi connectivity index (χ4n) is 2.45. The molecule has 0 radical (unpaired) electrons. The third kappa shape index (κ3) is 5.99. The van der Waals surface area contributed by atoms with Crippen molar-refractivity contribution in [3.8, 4) is 17.2 Å². The molecule has 2 aromatic rings. The highest BCUT2D eigenvalue weighted by Crippen LogP contribution is 2.17. The molecule has 0 aliphatic rings. The molecular formula is C21H27NO4. The first-order chi connectivity index (χ1) is 12.5. The van der Waals surface area contributed by atoms with E-state index < -0.39 is 6.10 Å². The number of methoxy groups -OCH3 is 1. The van der Waals surface area contributed by atoms with E-state index >= 15 is 0 Å². The highest BCUT2D eigenvalue weighted by Gasteiger charge is 2.20. The van der Waals surface area contributed by atoms with Crippen LogP contribution in [0.2, 0.25) is 0 Å². The fraction of sp³-hybridized carbons (Fsp3) is 0.381. The zero-order chi connectivity index (χ0) is 18.9. The summed E-state index contributed by atoms with van der Waals surface area (Å²) >= 11 is 0. The van der Waals surface area contributed by atoms with Gasteiger partial charge in [0.15, 0.2) is 6.10 Å². The highest BCUT2D eigenvalue weighted by atomic mass is 16.5. The van der Waals surface area contributed by atoms with Gasteiger partial charge in [-0.25, -0.2) is 0 Å². The number of ether oxygens (including phenoxy) is 3. The molecule has 2 atom stereocenters. The van der Waals surface area contributed by atoms with E-state index in [4.69, 9.17) is 14.2 Å². The van der Waals surface area contributed by atoms with Gasteiger partial charge in [-0.2, -0.15) is 0 Å². The molecule has 1 amide bonds. The Balaban J connectivity index is 1.83. The lowest BCUT2D eigenvalue weighted by Crippen LogP contribution is -2.44. The van der Waals surface area contributed by atoms with Gasteiger partial charge in [0.05, 0.1) is 13.2 Å². The van der Waals surface area contributed by atoms with E-state index in [0.717, 1.165) is 17.1 Å². The average molecular weight is 357 g/mol. The van der Waals surface area contributed by atoms with Crippen molar-refractivity contribution in [1.82, 2.24) is 5.32 Å². The number of hydrogen-bond donors (Lipinski definition) is 1. The Hall–Kier alpha value is -2.69. The van der Waals surface area contributed by atoms with E-state index in [1.54, 1.807) is 7.11 Å². The third-order valence-electron chi connectivity index (χ3n) is 3.88. The van der Waals surface area contributed by atoms with Gasteiger partial charge in [0.1, 0.15) is 23.9 Å². The predicted molar refractivity (Wildman–Crippen MR) is 102 cm³/mol. The van der Waals surface area contributed by atoms with Crippen LogP contribution in [0.4, 0.5) is 0 Å². The molecule has 140 valence electrons. The molecule has 0 aromatic heterocycles. The Labute approximate surface area is 155 Å². The average Bonchev–Trinajstić information content (AvgIpc) is 2.64. The van der Waals surface area contributed by atoms with Gasteiger partial charge in [-0.1, -0.05) is 19.1 Å². The Bertz CT molecular complexity index is 699. The molecule has 0 aliphatic carbocycles. The van der Waals surface area contributed by atoms with Gasteiger partial charge in [-0.3, -0.25) is 4.79 Å². The van der Waals surface area contributed by atoms with E-state index in [-0.39, 0.29) is 11.9 Å². The zero-order valence-electron chi connectivity index (χ0n) is 15.8. The summed E-state index contributed by atoms with van der Waals surface area (Å²) in [7, 11) is 1.62. The van der Waals surface area contributed by atoms with Gasteiger partial charge < -0.3 is 19.5 Å². The number of aryl methyl sites for hydroxylation is 1. The van der Waals surface area contributed by atoms with Crippen molar-refractivity contribution in [3.63, 3.8) is 0 Å². The Kier molecular flexibility index (Phi) is 7.33. The van der Waals surface area contributed by atoms with Crippen molar-refractivity contribution >= 4 is 5.91 Å². The highest BCUT2D eigenvalue weighted by molar-refractivity contribution is 5.81. The lowest BCUT2D eigenvalue weighted by molar-refractivity contribution is -0.128. The van der Waals surface area contributed by atoms with Gasteiger partial charge in [0.25, 0.3) is 5.91 Å². The number of carbonyl (C=O) groups is 1. The zero-order valence-corrected chi connectivity index (χ0v) is 15.8. The molecule has 0 spiro atoms. The Morgan fingerprint density at radius 2 is 1.77 bits per heavy atom. The molecule has 0 aliphatic heterocycles. The second-order valence-electron chi connectivity index (χ2n) is 6.23. The smallest absolute Gasteiger partial charge is 0.261 e. The maximum Gasteiger partial charge on any atom is 0.261 e. The van der Waals surface area contributed by atoms with Crippen LogP contribution in [0.5, 0.6) is 17.2 Å². The van der Waals surface area contributed by atoms with Crippen LogP contribution < -0.4 is 19.5 Å². The summed E-state index contributed by atoms with van der Waals surface area (Å²) < 4.78 is 16.6. The van der Waals surface area contributed by atoms with Gasteiger partial charge >= 0.3 is 0 Å². The second-order valence-corrected chi connectivity index (χ2v) is 6.23. The number of hydrogen-bond acceptors (Lipinski definition) is 4. The summed E-state index contributed by atoms with van der Waals surface area (Å²) in [5.74, 6) is 2.07. The monoisotopic (exact) mass is 357 g/mol. The fourth-order valence-corrected chi connectivity index (χ4v) is 2.45. The van der Waals surface area contributed by atoms with Crippen LogP contribution in [0.25, 0.3) is 0 Å². The molecule has 0 heterocycles. The van der Waals surface area contributed by atoms with Gasteiger partial charge in [0, 0.05) is 0 Å². The SMILES string of the molecule is CC[C@@H](Oc1cccc(C)c1)C(=O)N[C@H](C)COc1ccc(OC)cc1. The number of benzene rings is 2. The van der Waals surface area contributed by atoms with E-state index in [1.165, 1.54) is 0 Å². The largest absolute Gasteiger partial charge is 0.497 e. The second kappa shape index (κ2) is 9.70. The van der Waals surface area contributed by atoms with Gasteiger partial charge in [-0.15, -0.1) is 0 Å². The Morgan fingerprint density at radius 1 is 1.08 bits per heavy atom. The number of nitrogens with one attached hydrogen (secondary N) is 1. The number of carbonyl (C=O) groups excluding carboxylic acids is 1. The predicted octanol–water partition coefficient (Wildman–Crippen LogP) is 3.74. The summed E-state index contributed by atoms with van der Waals surface area (Å²) in [6.07, 6.45) is 0.0616. The molecule has 0 unspecified atom stereocenters. The van der Waals surface area contributed by atoms with Crippen LogP contribution in [0, 0.1) is 6.92 Å². The third-order valence-corrected chi connectivity index (χ3v) is 3.88. The maximum absolute atomic E-state index is 12.5. The molecule has 2 aromatic carbocycles. The normalized spacial score (nSPS) is 12.8. The first-order valence-electron chi connectivity index (χ1n) is 8.82. The molecule has 0 fully saturated rings. The van der Waals surface area contributed by atoms with Crippen LogP contribution in [-0.2, 0) is 4.79 Å². The van der Waals surface area contributed by atoms with Gasteiger partial charge in [-0.05, 0) is 62.2 Å². The van der Waals surface area contributed by atoms with Crippen LogP contribution in [0.15, 0.2) is 48.5 Å². The summed E-state index contributed by atoms with van der Waals surface area (Å²) in [6.45, 7) is 6.20. The van der Waals surface area contributed by atoms with Crippen molar-refractivity contribution in [1.29, 1.82) is 0 Å². The molecule has 1 N–H and O–H groups in total. The van der Waals surface area contributed by atoms with Crippen molar-refractivity contribution in [2.45, 2.75) is 39.3 Å². The first-order valence-corrected chi connectivity index (χ1v) is 8.82. The lowest BCUT2D eigenvalue weighted by Gasteiger charge is -2.21. The molecule has 0 bridgehead atoms. The quantitative estimate of drug-likeness (QED) is 0.743.